The van der Waals surface area contributed by atoms with E-state index in [9.17, 15) is 10.00 Å². The summed E-state index contributed by atoms with van der Waals surface area (Å²) in [6.07, 6.45) is -0.0224. The van der Waals surface area contributed by atoms with E-state index in [1.807, 2.05) is 0 Å². The molecule has 2 radical (unpaired) electrons. The van der Waals surface area contributed by atoms with Crippen molar-refractivity contribution in [3.8, 4) is 0 Å². The van der Waals surface area contributed by atoms with Crippen molar-refractivity contribution < 1.29 is 23.8 Å². The molecule has 2 heterocycles. The van der Waals surface area contributed by atoms with E-state index in [0.717, 1.165) is 0 Å². The van der Waals surface area contributed by atoms with Crippen molar-refractivity contribution in [2.24, 2.45) is 0 Å². The third kappa shape index (κ3) is 3.71. The summed E-state index contributed by atoms with van der Waals surface area (Å²) in [6.45, 7) is 0.00138. The lowest BCUT2D eigenvalue weighted by Gasteiger charge is -2.18. The number of hydrogen-bond acceptors (Lipinski definition) is 6. The van der Waals surface area contributed by atoms with Crippen LogP contribution < -0.4 is 0 Å². The van der Waals surface area contributed by atoms with Gasteiger partial charge in [0.1, 0.15) is 12.7 Å². The second-order valence-electron chi connectivity index (χ2n) is 5.40. The van der Waals surface area contributed by atoms with Crippen LogP contribution in [-0.2, 0) is 13.8 Å². The van der Waals surface area contributed by atoms with E-state index in [1.165, 1.54) is 7.11 Å². The molecule has 1 fully saturated rings. The van der Waals surface area contributed by atoms with Gasteiger partial charge >= 0.3 is 15.4 Å². The Balaban J connectivity index is 1.77. The molecule has 0 spiro atoms. The largest absolute Gasteiger partial charge is 0.488 e. The summed E-state index contributed by atoms with van der Waals surface area (Å²) in [7, 11) is 3.34. The van der Waals surface area contributed by atoms with Crippen molar-refractivity contribution in [2.75, 3.05) is 13.7 Å². The van der Waals surface area contributed by atoms with E-state index >= 15 is 0 Å². The monoisotopic (exact) mass is 391 g/mol. The summed E-state index contributed by atoms with van der Waals surface area (Å²) in [6, 6.07) is 3.32. The van der Waals surface area contributed by atoms with Crippen LogP contribution in [-0.4, -0.2) is 53.0 Å². The van der Waals surface area contributed by atoms with Gasteiger partial charge in [-0.1, -0.05) is 23.2 Å². The topological polar surface area (TPSA) is 86.0 Å². The van der Waals surface area contributed by atoms with Gasteiger partial charge in [0.25, 0.3) is 0 Å². The highest BCUT2D eigenvalue weighted by atomic mass is 35.5. The molecule has 11 heteroatoms. The Bertz CT molecular complexity index is 746. The average molecular weight is 392 g/mol. The van der Waals surface area contributed by atoms with Crippen molar-refractivity contribution in [1.82, 2.24) is 9.55 Å². The summed E-state index contributed by atoms with van der Waals surface area (Å²) >= 11 is 12.0. The van der Waals surface area contributed by atoms with Gasteiger partial charge in [0, 0.05) is 6.42 Å². The van der Waals surface area contributed by atoms with E-state index in [-0.39, 0.29) is 6.61 Å². The van der Waals surface area contributed by atoms with Crippen LogP contribution in [0.15, 0.2) is 18.5 Å². The summed E-state index contributed by atoms with van der Waals surface area (Å²) in [5, 5.41) is 11.1. The first-order valence-corrected chi connectivity index (χ1v) is 9.47. The molecule has 1 saturated heterocycles. The molecular weight excluding hydrogens is 377 g/mol. The zero-order valence-corrected chi connectivity index (χ0v) is 15.1. The molecule has 2 N–H and O–H groups in total. The molecule has 0 bridgehead atoms. The molecule has 24 heavy (non-hydrogen) atoms. The summed E-state index contributed by atoms with van der Waals surface area (Å²) in [5.74, 6) is 0. The number of nitrogens with zero attached hydrogens (tertiary/aromatic N) is 2. The van der Waals surface area contributed by atoms with E-state index < -0.39 is 26.3 Å². The number of benzene rings is 1. The van der Waals surface area contributed by atoms with Gasteiger partial charge in [-0.3, -0.25) is 0 Å². The lowest BCUT2D eigenvalue weighted by molar-refractivity contribution is -0.0470. The van der Waals surface area contributed by atoms with Gasteiger partial charge in [0.05, 0.1) is 40.6 Å². The number of aromatic nitrogens is 2. The van der Waals surface area contributed by atoms with Gasteiger partial charge in [-0.05, 0) is 12.1 Å². The SMILES string of the molecule is [B][P+](O)(OC)OC[C@@H]1C[C@H](O)[C@H](n2cnc3cc(Cl)c(Cl)cc32)O1. The highest BCUT2D eigenvalue weighted by molar-refractivity contribution is 7.85. The number of rotatable bonds is 5. The predicted molar refractivity (Wildman–Crippen MR) is 92.1 cm³/mol. The molecule has 7 nitrogen and oxygen atoms in total. The number of halogens is 2. The zero-order chi connectivity index (χ0) is 17.5. The minimum absolute atomic E-state index is 0.00138. The molecule has 128 valence electrons. The van der Waals surface area contributed by atoms with Crippen LogP contribution in [0.3, 0.4) is 0 Å². The Morgan fingerprint density at radius 1 is 1.46 bits per heavy atom. The van der Waals surface area contributed by atoms with Crippen LogP contribution in [0, 0.1) is 0 Å². The third-order valence-electron chi connectivity index (χ3n) is 3.76. The number of hydrogen-bond donors (Lipinski definition) is 2. The Kier molecular flexibility index (Phi) is 5.40. The lowest BCUT2D eigenvalue weighted by Crippen LogP contribution is -2.19. The molecule has 1 aromatic carbocycles. The van der Waals surface area contributed by atoms with Crippen LogP contribution in [0.25, 0.3) is 11.0 Å². The number of ether oxygens (including phenoxy) is 1. The third-order valence-corrected chi connectivity index (χ3v) is 5.53. The molecule has 0 aliphatic carbocycles. The van der Waals surface area contributed by atoms with Gasteiger partial charge in [0.2, 0.25) is 0 Å². The minimum Gasteiger partial charge on any atom is -0.388 e. The Morgan fingerprint density at radius 3 is 2.88 bits per heavy atom. The minimum atomic E-state index is -3.34. The first-order chi connectivity index (χ1) is 11.3. The lowest BCUT2D eigenvalue weighted by atomic mass is 10.2. The second kappa shape index (κ2) is 7.06. The zero-order valence-electron chi connectivity index (χ0n) is 12.7. The molecular formula is C13H15BCl2N2O5P+. The maximum Gasteiger partial charge on any atom is 0.488 e. The maximum atomic E-state index is 10.3. The average Bonchev–Trinajstić information content (AvgIpc) is 3.09. The van der Waals surface area contributed by atoms with Crippen molar-refractivity contribution in [3.05, 3.63) is 28.5 Å². The van der Waals surface area contributed by atoms with Gasteiger partial charge in [-0.25, -0.2) is 9.88 Å². The van der Waals surface area contributed by atoms with Gasteiger partial charge < -0.3 is 14.4 Å². The summed E-state index contributed by atoms with van der Waals surface area (Å²) in [4.78, 5) is 13.8. The molecule has 1 unspecified atom stereocenters. The highest BCUT2D eigenvalue weighted by Gasteiger charge is 2.40. The molecule has 1 aliphatic heterocycles. The Labute approximate surface area is 150 Å². The fourth-order valence-electron chi connectivity index (χ4n) is 2.56. The Hall–Kier alpha value is -0.435. The second-order valence-corrected chi connectivity index (χ2v) is 7.97. The van der Waals surface area contributed by atoms with Crippen molar-refractivity contribution in [2.45, 2.75) is 24.9 Å². The normalized spacial score (nSPS) is 26.8. The number of aliphatic hydroxyl groups excluding tert-OH is 1. The Morgan fingerprint density at radius 2 is 2.17 bits per heavy atom. The summed E-state index contributed by atoms with van der Waals surface area (Å²) < 4.78 is 17.3. The standard InChI is InChI=1S/C13H15BCl2N2O5P/c1-21-24(14,20)22-5-7-2-12(19)13(23-7)18-6-17-10-3-8(15)9(16)4-11(10)18/h3-4,6-7,12-13,19-20H,2,5H2,1H3/q+1/t7-,12-,13+,24?/m0/s1. The summed E-state index contributed by atoms with van der Waals surface area (Å²) in [5.41, 5.74) is 1.33. The first-order valence-electron chi connectivity index (χ1n) is 7.06. The quantitative estimate of drug-likeness (QED) is 0.601. The smallest absolute Gasteiger partial charge is 0.388 e. The number of aliphatic hydroxyl groups is 1. The van der Waals surface area contributed by atoms with Crippen molar-refractivity contribution in [1.29, 1.82) is 0 Å². The molecule has 2 aromatic rings. The molecule has 3 rings (SSSR count). The molecule has 1 aliphatic rings. The van der Waals surface area contributed by atoms with Crippen LogP contribution in [0.5, 0.6) is 0 Å². The predicted octanol–water partition coefficient (Wildman–Crippen LogP) is 2.49. The van der Waals surface area contributed by atoms with E-state index in [1.54, 1.807) is 23.0 Å². The van der Waals surface area contributed by atoms with Gasteiger partial charge in [0.15, 0.2) is 6.23 Å². The maximum absolute atomic E-state index is 10.3. The van der Waals surface area contributed by atoms with E-state index in [0.29, 0.717) is 27.5 Å². The number of imidazole rings is 1. The first kappa shape index (κ1) is 18.4. The number of fused-ring (bicyclic) bond motifs is 1. The van der Waals surface area contributed by atoms with Crippen LogP contribution in [0.1, 0.15) is 12.6 Å². The van der Waals surface area contributed by atoms with Crippen molar-refractivity contribution in [3.63, 3.8) is 0 Å². The van der Waals surface area contributed by atoms with E-state index in [2.05, 4.69) is 9.51 Å². The molecule has 1 aromatic heterocycles. The van der Waals surface area contributed by atoms with Crippen LogP contribution >= 0.6 is 31.0 Å². The van der Waals surface area contributed by atoms with E-state index in [4.69, 9.17) is 40.0 Å². The fourth-order valence-corrected chi connectivity index (χ4v) is 3.36. The molecule has 4 atom stereocenters. The van der Waals surface area contributed by atoms with Gasteiger partial charge in [-0.2, -0.15) is 9.05 Å². The fraction of sp³-hybridized carbons (Fsp3) is 0.462. The van der Waals surface area contributed by atoms with Gasteiger partial charge in [-0.15, -0.1) is 0 Å². The van der Waals surface area contributed by atoms with Crippen molar-refractivity contribution >= 4 is 49.6 Å². The van der Waals surface area contributed by atoms with Crippen LogP contribution in [0.2, 0.25) is 10.0 Å². The molecule has 0 saturated carbocycles. The molecule has 0 amide bonds. The van der Waals surface area contributed by atoms with Crippen LogP contribution in [0.4, 0.5) is 0 Å². The highest BCUT2D eigenvalue weighted by Crippen LogP contribution is 2.51.